The average molecular weight is 310 g/mol. The molecular weight excluding hydrogens is 294 g/mol. The number of thiazole rings is 1. The van der Waals surface area contributed by atoms with Crippen molar-refractivity contribution in [2.75, 3.05) is 10.6 Å². The van der Waals surface area contributed by atoms with Crippen molar-refractivity contribution in [3.05, 3.63) is 66.0 Å². The van der Waals surface area contributed by atoms with E-state index in [1.807, 2.05) is 65.5 Å². The topological polar surface area (TPSA) is 45.0 Å². The molecule has 0 aliphatic heterocycles. The monoisotopic (exact) mass is 310 g/mol. The third kappa shape index (κ3) is 3.15. The Morgan fingerprint density at radius 2 is 1.59 bits per heavy atom. The van der Waals surface area contributed by atoms with E-state index in [0.717, 1.165) is 22.1 Å². The summed E-state index contributed by atoms with van der Waals surface area (Å²) in [6.07, 6.45) is 0. The Bertz CT molecular complexity index is 769. The summed E-state index contributed by atoms with van der Waals surface area (Å²) >= 11 is 1.50. The Kier molecular flexibility index (Phi) is 4.16. The highest BCUT2D eigenvalue weighted by Crippen LogP contribution is 2.22. The van der Waals surface area contributed by atoms with E-state index in [0.29, 0.717) is 0 Å². The lowest BCUT2D eigenvalue weighted by atomic mass is 10.2. The summed E-state index contributed by atoms with van der Waals surface area (Å²) in [4.78, 5) is 12.1. The first-order valence-electron chi connectivity index (χ1n) is 6.90. The van der Waals surface area contributed by atoms with Crippen LogP contribution in [0.2, 0.25) is 0 Å². The van der Waals surface area contributed by atoms with Gasteiger partial charge in [0.2, 0.25) is 0 Å². The molecule has 0 radical (unpaired) electrons. The van der Waals surface area contributed by atoms with Crippen molar-refractivity contribution >= 4 is 28.2 Å². The molecule has 0 saturated heterocycles. The van der Waals surface area contributed by atoms with Crippen molar-refractivity contribution in [3.8, 4) is 11.3 Å². The van der Waals surface area contributed by atoms with Crippen molar-refractivity contribution in [3.63, 3.8) is 0 Å². The van der Waals surface area contributed by atoms with Crippen LogP contribution in [0.4, 0.5) is 15.6 Å². The van der Waals surface area contributed by atoms with Crippen LogP contribution in [0.1, 0.15) is 0 Å². The van der Waals surface area contributed by atoms with Crippen molar-refractivity contribution < 1.29 is 9.36 Å². The number of nitrogens with zero attached hydrogens (tertiary/aromatic N) is 1. The predicted octanol–water partition coefficient (Wildman–Crippen LogP) is 3.88. The van der Waals surface area contributed by atoms with E-state index in [1.54, 1.807) is 0 Å². The van der Waals surface area contributed by atoms with Crippen LogP contribution in [0.15, 0.2) is 66.0 Å². The molecule has 2 amide bonds. The van der Waals surface area contributed by atoms with Gasteiger partial charge in [-0.15, -0.1) is 0 Å². The van der Waals surface area contributed by atoms with Crippen LogP contribution < -0.4 is 15.2 Å². The molecule has 2 aromatic carbocycles. The first kappa shape index (κ1) is 14.3. The third-order valence-corrected chi connectivity index (χ3v) is 4.21. The normalized spacial score (nSPS) is 10.2. The lowest BCUT2D eigenvalue weighted by Crippen LogP contribution is -2.34. The first-order valence-corrected chi connectivity index (χ1v) is 7.78. The van der Waals surface area contributed by atoms with E-state index < -0.39 is 0 Å². The number of hydrogen-bond donors (Lipinski definition) is 2. The minimum atomic E-state index is -0.247. The maximum Gasteiger partial charge on any atom is 0.411 e. The summed E-state index contributed by atoms with van der Waals surface area (Å²) in [5, 5.41) is 8.51. The highest BCUT2D eigenvalue weighted by molar-refractivity contribution is 7.13. The molecule has 1 heterocycles. The fraction of sp³-hybridized carbons (Fsp3) is 0.0588. The van der Waals surface area contributed by atoms with Crippen LogP contribution in [0, 0.1) is 0 Å². The molecule has 3 aromatic rings. The summed E-state index contributed by atoms with van der Waals surface area (Å²) in [7, 11) is 1.94. The number of benzene rings is 2. The fourth-order valence-corrected chi connectivity index (χ4v) is 3.07. The third-order valence-electron chi connectivity index (χ3n) is 3.27. The molecule has 110 valence electrons. The SMILES string of the molecule is C[n+]1c(-c2ccccc2)csc1NC(=O)Nc1ccccc1. The molecule has 4 nitrogen and oxygen atoms in total. The van der Waals surface area contributed by atoms with Crippen molar-refractivity contribution in [1.29, 1.82) is 0 Å². The summed E-state index contributed by atoms with van der Waals surface area (Å²) in [5.74, 6) is 0. The molecule has 0 aliphatic rings. The molecule has 2 N–H and O–H groups in total. The lowest BCUT2D eigenvalue weighted by Gasteiger charge is -2.02. The molecule has 0 atom stereocenters. The summed E-state index contributed by atoms with van der Waals surface area (Å²) in [5.41, 5.74) is 2.96. The van der Waals surface area contributed by atoms with Crippen molar-refractivity contribution in [2.24, 2.45) is 7.05 Å². The number of nitrogens with one attached hydrogen (secondary N) is 2. The Balaban J connectivity index is 1.74. The van der Waals surface area contributed by atoms with Crippen molar-refractivity contribution in [2.45, 2.75) is 0 Å². The molecule has 0 saturated carbocycles. The van der Waals surface area contributed by atoms with Gasteiger partial charge in [0.1, 0.15) is 5.69 Å². The van der Waals surface area contributed by atoms with Gasteiger partial charge in [-0.25, -0.2) is 9.36 Å². The maximum absolute atomic E-state index is 12.1. The molecule has 0 fully saturated rings. The standard InChI is InChI=1S/C17H15N3OS/c1-20-15(13-8-4-2-5-9-13)12-22-17(20)19-16(21)18-14-10-6-3-7-11-14/h2-12H,1H3,(H,18,21)/p+1. The molecule has 0 bridgehead atoms. The Morgan fingerprint density at radius 1 is 0.955 bits per heavy atom. The second kappa shape index (κ2) is 6.41. The van der Waals surface area contributed by atoms with Gasteiger partial charge in [0.25, 0.3) is 0 Å². The van der Waals surface area contributed by atoms with Gasteiger partial charge < -0.3 is 0 Å². The minimum absolute atomic E-state index is 0.247. The molecule has 1 aromatic heterocycles. The maximum atomic E-state index is 12.1. The predicted molar refractivity (Wildman–Crippen MR) is 90.0 cm³/mol. The molecule has 3 rings (SSSR count). The zero-order valence-electron chi connectivity index (χ0n) is 12.1. The molecule has 0 aliphatic carbocycles. The molecule has 0 spiro atoms. The fourth-order valence-electron chi connectivity index (χ4n) is 2.14. The van der Waals surface area contributed by atoms with E-state index in [2.05, 4.69) is 22.8 Å². The average Bonchev–Trinajstić information content (AvgIpc) is 2.90. The smallest absolute Gasteiger partial charge is 0.288 e. The largest absolute Gasteiger partial charge is 0.411 e. The van der Waals surface area contributed by atoms with Gasteiger partial charge in [-0.05, 0) is 12.1 Å². The zero-order valence-corrected chi connectivity index (χ0v) is 12.9. The number of aromatic nitrogens is 1. The number of carbonyl (C=O) groups excluding carboxylic acids is 1. The summed E-state index contributed by atoms with van der Waals surface area (Å²) in [6.45, 7) is 0. The van der Waals surface area contributed by atoms with Gasteiger partial charge in [-0.2, -0.15) is 5.32 Å². The van der Waals surface area contributed by atoms with Crippen LogP contribution >= 0.6 is 11.3 Å². The second-order valence-corrected chi connectivity index (χ2v) is 5.65. The lowest BCUT2D eigenvalue weighted by molar-refractivity contribution is -0.641. The Labute approximate surface area is 133 Å². The Hall–Kier alpha value is -2.66. The highest BCUT2D eigenvalue weighted by atomic mass is 32.1. The summed E-state index contributed by atoms with van der Waals surface area (Å²) in [6, 6.07) is 19.2. The van der Waals surface area contributed by atoms with Crippen LogP contribution in [0.5, 0.6) is 0 Å². The van der Waals surface area contributed by atoms with E-state index in [4.69, 9.17) is 0 Å². The van der Waals surface area contributed by atoms with Gasteiger partial charge in [0, 0.05) is 16.6 Å². The number of anilines is 2. The van der Waals surface area contributed by atoms with Gasteiger partial charge in [-0.1, -0.05) is 59.9 Å². The zero-order chi connectivity index (χ0) is 15.4. The minimum Gasteiger partial charge on any atom is -0.288 e. The summed E-state index contributed by atoms with van der Waals surface area (Å²) < 4.78 is 1.98. The second-order valence-electron chi connectivity index (χ2n) is 4.80. The molecule has 5 heteroatoms. The van der Waals surface area contributed by atoms with Gasteiger partial charge in [0.05, 0.1) is 7.05 Å². The molecule has 0 unspecified atom stereocenters. The van der Waals surface area contributed by atoms with Gasteiger partial charge >= 0.3 is 11.2 Å². The number of carbonyl (C=O) groups is 1. The molecule has 22 heavy (non-hydrogen) atoms. The van der Waals surface area contributed by atoms with Crippen LogP contribution in [0.3, 0.4) is 0 Å². The van der Waals surface area contributed by atoms with E-state index in [9.17, 15) is 4.79 Å². The quantitative estimate of drug-likeness (QED) is 0.708. The van der Waals surface area contributed by atoms with Gasteiger partial charge in [-0.3, -0.25) is 5.32 Å². The van der Waals surface area contributed by atoms with E-state index >= 15 is 0 Å². The van der Waals surface area contributed by atoms with E-state index in [-0.39, 0.29) is 6.03 Å². The number of urea groups is 1. The van der Waals surface area contributed by atoms with Crippen LogP contribution in [-0.4, -0.2) is 6.03 Å². The molecular formula is C17H16N3OS+. The first-order chi connectivity index (χ1) is 10.7. The van der Waals surface area contributed by atoms with Crippen LogP contribution in [0.25, 0.3) is 11.3 Å². The van der Waals surface area contributed by atoms with Crippen molar-refractivity contribution in [1.82, 2.24) is 0 Å². The van der Waals surface area contributed by atoms with Crippen LogP contribution in [-0.2, 0) is 7.05 Å². The number of rotatable bonds is 3. The van der Waals surface area contributed by atoms with Gasteiger partial charge in [0.15, 0.2) is 0 Å². The number of para-hydroxylation sites is 1. The number of amides is 2. The van der Waals surface area contributed by atoms with E-state index in [1.165, 1.54) is 11.3 Å². The Morgan fingerprint density at radius 3 is 2.27 bits per heavy atom. The number of hydrogen-bond acceptors (Lipinski definition) is 2. The highest BCUT2D eigenvalue weighted by Gasteiger charge is 2.18.